The van der Waals surface area contributed by atoms with E-state index in [4.69, 9.17) is 4.74 Å². The fourth-order valence-electron chi connectivity index (χ4n) is 4.26. The number of rotatable bonds is 7. The van der Waals surface area contributed by atoms with E-state index < -0.39 is 11.7 Å². The SMILES string of the molecule is CCN(CC1CCCO1)c1cnc2c(C)nnc(NCc3cccc(C(F)(F)F)c3C)c2c1. The van der Waals surface area contributed by atoms with Crippen LogP contribution in [0, 0.1) is 13.8 Å². The summed E-state index contributed by atoms with van der Waals surface area (Å²) in [6, 6.07) is 6.23. The number of anilines is 2. The van der Waals surface area contributed by atoms with Gasteiger partial charge in [-0.15, -0.1) is 5.10 Å². The van der Waals surface area contributed by atoms with E-state index in [9.17, 15) is 13.2 Å². The molecule has 1 atom stereocenters. The normalized spacial score (nSPS) is 16.4. The second-order valence-electron chi connectivity index (χ2n) is 8.34. The number of alkyl halides is 3. The van der Waals surface area contributed by atoms with Gasteiger partial charge in [-0.3, -0.25) is 4.98 Å². The molecule has 4 rings (SSSR count). The first-order chi connectivity index (χ1) is 15.8. The third-order valence-electron chi connectivity index (χ3n) is 6.16. The van der Waals surface area contributed by atoms with Crippen molar-refractivity contribution in [2.24, 2.45) is 0 Å². The van der Waals surface area contributed by atoms with Crippen molar-refractivity contribution < 1.29 is 17.9 Å². The molecular weight excluding hydrogens is 431 g/mol. The fraction of sp³-hybridized carbons (Fsp3) is 0.458. The van der Waals surface area contributed by atoms with Gasteiger partial charge >= 0.3 is 6.18 Å². The Labute approximate surface area is 191 Å². The molecule has 0 amide bonds. The number of ether oxygens (including phenoxy) is 1. The number of halogens is 3. The van der Waals surface area contributed by atoms with E-state index in [1.807, 2.05) is 19.2 Å². The number of nitrogens with one attached hydrogen (secondary N) is 1. The van der Waals surface area contributed by atoms with Crippen molar-refractivity contribution in [2.75, 3.05) is 29.9 Å². The summed E-state index contributed by atoms with van der Waals surface area (Å²) in [6.45, 7) is 8.00. The average molecular weight is 460 g/mol. The molecule has 2 aromatic heterocycles. The lowest BCUT2D eigenvalue weighted by molar-refractivity contribution is -0.138. The van der Waals surface area contributed by atoms with Gasteiger partial charge in [0.05, 0.1) is 34.8 Å². The maximum atomic E-state index is 13.3. The first kappa shape index (κ1) is 23.2. The molecule has 0 saturated carbocycles. The van der Waals surface area contributed by atoms with Crippen molar-refractivity contribution in [1.82, 2.24) is 15.2 Å². The summed E-state index contributed by atoms with van der Waals surface area (Å²) in [4.78, 5) is 6.85. The van der Waals surface area contributed by atoms with E-state index in [1.54, 1.807) is 6.07 Å². The molecule has 33 heavy (non-hydrogen) atoms. The fourth-order valence-corrected chi connectivity index (χ4v) is 4.26. The van der Waals surface area contributed by atoms with Crippen LogP contribution in [0.15, 0.2) is 30.5 Å². The highest BCUT2D eigenvalue weighted by Gasteiger charge is 2.32. The van der Waals surface area contributed by atoms with Crippen molar-refractivity contribution in [3.05, 3.63) is 52.8 Å². The van der Waals surface area contributed by atoms with Crippen molar-refractivity contribution >= 4 is 22.4 Å². The minimum absolute atomic E-state index is 0.195. The summed E-state index contributed by atoms with van der Waals surface area (Å²) in [5.41, 5.74) is 2.49. The van der Waals surface area contributed by atoms with Crippen LogP contribution in [0.4, 0.5) is 24.7 Å². The Morgan fingerprint density at radius 2 is 2.03 bits per heavy atom. The molecule has 176 valence electrons. The molecule has 1 aromatic carbocycles. The van der Waals surface area contributed by atoms with Crippen LogP contribution in [0.2, 0.25) is 0 Å². The van der Waals surface area contributed by atoms with E-state index in [1.165, 1.54) is 13.0 Å². The molecule has 0 radical (unpaired) electrons. The zero-order valence-electron chi connectivity index (χ0n) is 19.0. The Morgan fingerprint density at radius 3 is 2.73 bits per heavy atom. The van der Waals surface area contributed by atoms with Crippen LogP contribution in [-0.2, 0) is 17.5 Å². The van der Waals surface area contributed by atoms with Crippen LogP contribution in [0.5, 0.6) is 0 Å². The quantitative estimate of drug-likeness (QED) is 0.519. The topological polar surface area (TPSA) is 63.2 Å². The Kier molecular flexibility index (Phi) is 6.69. The number of hydrogen-bond acceptors (Lipinski definition) is 6. The molecule has 6 nitrogen and oxygen atoms in total. The molecule has 0 bridgehead atoms. The third-order valence-corrected chi connectivity index (χ3v) is 6.16. The van der Waals surface area contributed by atoms with E-state index in [0.717, 1.165) is 49.7 Å². The minimum Gasteiger partial charge on any atom is -0.376 e. The summed E-state index contributed by atoms with van der Waals surface area (Å²) in [7, 11) is 0. The molecular formula is C24H28F3N5O. The van der Waals surface area contributed by atoms with Crippen molar-refractivity contribution in [3.8, 4) is 0 Å². The summed E-state index contributed by atoms with van der Waals surface area (Å²) < 4.78 is 45.6. The van der Waals surface area contributed by atoms with Gasteiger partial charge in [-0.25, -0.2) is 0 Å². The van der Waals surface area contributed by atoms with Gasteiger partial charge in [0.1, 0.15) is 0 Å². The lowest BCUT2D eigenvalue weighted by Gasteiger charge is -2.26. The van der Waals surface area contributed by atoms with Gasteiger partial charge in [0.2, 0.25) is 0 Å². The number of aromatic nitrogens is 3. The number of hydrogen-bond donors (Lipinski definition) is 1. The molecule has 1 fully saturated rings. The van der Waals surface area contributed by atoms with Gasteiger partial charge in [-0.1, -0.05) is 12.1 Å². The molecule has 1 saturated heterocycles. The average Bonchev–Trinajstić information content (AvgIpc) is 3.30. The minimum atomic E-state index is -4.39. The first-order valence-corrected chi connectivity index (χ1v) is 11.2. The number of fused-ring (bicyclic) bond motifs is 1. The van der Waals surface area contributed by atoms with Crippen LogP contribution in [0.3, 0.4) is 0 Å². The number of likely N-dealkylation sites (N-methyl/N-ethyl adjacent to an activating group) is 1. The van der Waals surface area contributed by atoms with E-state index >= 15 is 0 Å². The number of nitrogens with zero attached hydrogens (tertiary/aromatic N) is 4. The lowest BCUT2D eigenvalue weighted by Crippen LogP contribution is -2.32. The van der Waals surface area contributed by atoms with Crippen LogP contribution < -0.4 is 10.2 Å². The van der Waals surface area contributed by atoms with Gasteiger partial charge in [-0.2, -0.15) is 18.3 Å². The van der Waals surface area contributed by atoms with Gasteiger partial charge in [-0.05, 0) is 56.9 Å². The highest BCUT2D eigenvalue weighted by atomic mass is 19.4. The number of benzene rings is 1. The van der Waals surface area contributed by atoms with Crippen LogP contribution in [-0.4, -0.2) is 41.0 Å². The van der Waals surface area contributed by atoms with Gasteiger partial charge in [0.15, 0.2) is 5.82 Å². The third kappa shape index (κ3) is 5.03. The lowest BCUT2D eigenvalue weighted by atomic mass is 10.0. The molecule has 1 aliphatic rings. The molecule has 1 unspecified atom stereocenters. The van der Waals surface area contributed by atoms with Gasteiger partial charge in [0, 0.05) is 31.6 Å². The molecule has 1 aliphatic heterocycles. The molecule has 3 heterocycles. The molecule has 3 aromatic rings. The molecule has 1 N–H and O–H groups in total. The maximum Gasteiger partial charge on any atom is 0.416 e. The van der Waals surface area contributed by atoms with Crippen molar-refractivity contribution in [3.63, 3.8) is 0 Å². The van der Waals surface area contributed by atoms with Gasteiger partial charge in [0.25, 0.3) is 0 Å². The largest absolute Gasteiger partial charge is 0.416 e. The number of aryl methyl sites for hydroxylation is 1. The van der Waals surface area contributed by atoms with Gasteiger partial charge < -0.3 is 15.0 Å². The standard InChI is InChI=1S/C24H28F3N5O/c1-4-32(14-19-8-6-10-33-19)18-11-20-22(28-13-18)16(3)30-31-23(20)29-12-17-7-5-9-21(15(17)2)24(25,26)27/h5,7,9,11,13,19H,4,6,8,10,12,14H2,1-3H3,(H,29,31). The van der Waals surface area contributed by atoms with Crippen molar-refractivity contribution in [1.29, 1.82) is 0 Å². The van der Waals surface area contributed by atoms with Crippen molar-refractivity contribution in [2.45, 2.75) is 52.4 Å². The molecule has 0 aliphatic carbocycles. The second-order valence-corrected chi connectivity index (χ2v) is 8.34. The van der Waals surface area contributed by atoms with Crippen LogP contribution in [0.25, 0.3) is 10.9 Å². The maximum absolute atomic E-state index is 13.3. The smallest absolute Gasteiger partial charge is 0.376 e. The predicted octanol–water partition coefficient (Wildman–Crippen LogP) is 5.28. The zero-order chi connectivity index (χ0) is 23.6. The van der Waals surface area contributed by atoms with Crippen LogP contribution in [0.1, 0.15) is 42.1 Å². The summed E-state index contributed by atoms with van der Waals surface area (Å²) >= 11 is 0. The van der Waals surface area contributed by atoms with Crippen LogP contribution >= 0.6 is 0 Å². The van der Waals surface area contributed by atoms with E-state index in [-0.39, 0.29) is 18.2 Å². The molecule has 9 heteroatoms. The summed E-state index contributed by atoms with van der Waals surface area (Å²) in [5, 5.41) is 12.4. The Balaban J connectivity index is 1.63. The zero-order valence-corrected chi connectivity index (χ0v) is 19.0. The Hall–Kier alpha value is -2.94. The summed E-state index contributed by atoms with van der Waals surface area (Å²) in [6.07, 6.45) is -0.223. The Bertz CT molecular complexity index is 1130. The number of pyridine rings is 1. The first-order valence-electron chi connectivity index (χ1n) is 11.2. The predicted molar refractivity (Wildman–Crippen MR) is 122 cm³/mol. The van der Waals surface area contributed by atoms with E-state index in [0.29, 0.717) is 22.6 Å². The van der Waals surface area contributed by atoms with E-state index in [2.05, 4.69) is 32.3 Å². The highest BCUT2D eigenvalue weighted by molar-refractivity contribution is 5.92. The molecule has 0 spiro atoms. The second kappa shape index (κ2) is 9.51. The Morgan fingerprint density at radius 1 is 1.21 bits per heavy atom. The summed E-state index contributed by atoms with van der Waals surface area (Å²) in [5.74, 6) is 0.495. The highest BCUT2D eigenvalue weighted by Crippen LogP contribution is 2.33. The monoisotopic (exact) mass is 459 g/mol.